The van der Waals surface area contributed by atoms with Crippen molar-refractivity contribution in [1.82, 2.24) is 4.90 Å². The lowest BCUT2D eigenvalue weighted by Gasteiger charge is -2.32. The molecule has 1 aliphatic heterocycles. The van der Waals surface area contributed by atoms with Crippen molar-refractivity contribution in [3.05, 3.63) is 89.2 Å². The Balaban J connectivity index is 1.37. The second-order valence-electron chi connectivity index (χ2n) is 8.49. The van der Waals surface area contributed by atoms with Crippen molar-refractivity contribution in [1.29, 1.82) is 0 Å². The second-order valence-corrected chi connectivity index (χ2v) is 10.2. The van der Waals surface area contributed by atoms with Gasteiger partial charge in [0.1, 0.15) is 17.7 Å². The number of likely N-dealkylation sites (tertiary alicyclic amines) is 1. The molecule has 8 heteroatoms. The molecular weight excluding hydrogens is 455 g/mol. The quantitative estimate of drug-likeness (QED) is 0.541. The van der Waals surface area contributed by atoms with E-state index < -0.39 is 15.8 Å². The summed E-state index contributed by atoms with van der Waals surface area (Å²) in [6.07, 6.45) is 1.48. The smallest absolute Gasteiger partial charge is 0.261 e. The molecule has 1 heterocycles. The number of rotatable bonds is 6. The average Bonchev–Trinajstić information content (AvgIpc) is 2.83. The molecule has 1 saturated heterocycles. The number of nitrogens with one attached hydrogen (secondary N) is 1. The SMILES string of the molecule is Cc1ccc(C)c(OC2CCN(C(=O)c3ccc(S(=O)(=O)Nc4ccccc4F)cc3)CC2)c1. The number of amides is 1. The van der Waals surface area contributed by atoms with E-state index in [1.54, 1.807) is 11.0 Å². The zero-order chi connectivity index (χ0) is 24.3. The van der Waals surface area contributed by atoms with Crippen LogP contribution in [-0.4, -0.2) is 38.4 Å². The van der Waals surface area contributed by atoms with Gasteiger partial charge in [0.2, 0.25) is 0 Å². The van der Waals surface area contributed by atoms with E-state index in [1.807, 2.05) is 26.0 Å². The van der Waals surface area contributed by atoms with Crippen molar-refractivity contribution in [3.63, 3.8) is 0 Å². The van der Waals surface area contributed by atoms with Gasteiger partial charge in [-0.15, -0.1) is 0 Å². The number of hydrogen-bond donors (Lipinski definition) is 1. The summed E-state index contributed by atoms with van der Waals surface area (Å²) in [5.74, 6) is 0.0598. The summed E-state index contributed by atoms with van der Waals surface area (Å²) < 4.78 is 47.4. The lowest BCUT2D eigenvalue weighted by atomic mass is 10.1. The van der Waals surface area contributed by atoms with Gasteiger partial charge in [-0.05, 0) is 67.4 Å². The standard InChI is InChI=1S/C26H27FN2O4S/c1-18-7-8-19(2)25(17-18)33-21-13-15-29(16-14-21)26(30)20-9-11-22(12-10-20)34(31,32)28-24-6-4-3-5-23(24)27/h3-12,17,21,28H,13-16H2,1-2H3. The van der Waals surface area contributed by atoms with Crippen LogP contribution < -0.4 is 9.46 Å². The van der Waals surface area contributed by atoms with E-state index in [4.69, 9.17) is 4.74 Å². The Kier molecular flexibility index (Phi) is 6.88. The second kappa shape index (κ2) is 9.85. The molecule has 0 spiro atoms. The molecule has 0 radical (unpaired) electrons. The maximum absolute atomic E-state index is 13.8. The average molecular weight is 483 g/mol. The molecule has 4 rings (SSSR count). The van der Waals surface area contributed by atoms with Crippen molar-refractivity contribution in [2.75, 3.05) is 17.8 Å². The molecule has 1 aliphatic rings. The highest BCUT2D eigenvalue weighted by Gasteiger charge is 2.25. The number of nitrogens with zero attached hydrogens (tertiary/aromatic N) is 1. The predicted molar refractivity (Wildman–Crippen MR) is 129 cm³/mol. The van der Waals surface area contributed by atoms with Gasteiger partial charge >= 0.3 is 0 Å². The predicted octanol–water partition coefficient (Wildman–Crippen LogP) is 4.93. The molecule has 0 bridgehead atoms. The minimum absolute atomic E-state index is 0.0431. The fourth-order valence-electron chi connectivity index (χ4n) is 3.90. The van der Waals surface area contributed by atoms with Crippen LogP contribution in [0.3, 0.4) is 0 Å². The fraction of sp³-hybridized carbons (Fsp3) is 0.269. The first kappa shape index (κ1) is 23.8. The highest BCUT2D eigenvalue weighted by atomic mass is 32.2. The van der Waals surface area contributed by atoms with Crippen LogP contribution in [0.4, 0.5) is 10.1 Å². The monoisotopic (exact) mass is 482 g/mol. The Hall–Kier alpha value is -3.39. The van der Waals surface area contributed by atoms with Crippen LogP contribution in [0.15, 0.2) is 71.6 Å². The van der Waals surface area contributed by atoms with Gasteiger partial charge in [-0.1, -0.05) is 24.3 Å². The molecule has 3 aromatic carbocycles. The van der Waals surface area contributed by atoms with E-state index in [0.717, 1.165) is 29.7 Å². The fourth-order valence-corrected chi connectivity index (χ4v) is 4.96. The number of anilines is 1. The van der Waals surface area contributed by atoms with Crippen LogP contribution in [-0.2, 0) is 10.0 Å². The van der Waals surface area contributed by atoms with Gasteiger partial charge in [0, 0.05) is 31.5 Å². The summed E-state index contributed by atoms with van der Waals surface area (Å²) in [6, 6.07) is 17.3. The van der Waals surface area contributed by atoms with E-state index in [0.29, 0.717) is 18.7 Å². The van der Waals surface area contributed by atoms with Crippen molar-refractivity contribution < 1.29 is 22.3 Å². The van der Waals surface area contributed by atoms with E-state index in [-0.39, 0.29) is 22.6 Å². The molecule has 1 N–H and O–H groups in total. The van der Waals surface area contributed by atoms with Gasteiger partial charge in [0.25, 0.3) is 15.9 Å². The number of carbonyl (C=O) groups excluding carboxylic acids is 1. The number of aryl methyl sites for hydroxylation is 2. The molecule has 1 amide bonds. The summed E-state index contributed by atoms with van der Waals surface area (Å²) in [7, 11) is -3.98. The van der Waals surface area contributed by atoms with Crippen molar-refractivity contribution in [2.24, 2.45) is 0 Å². The van der Waals surface area contributed by atoms with Crippen molar-refractivity contribution in [3.8, 4) is 5.75 Å². The van der Waals surface area contributed by atoms with E-state index in [9.17, 15) is 17.6 Å². The molecule has 0 aromatic heterocycles. The number of benzene rings is 3. The zero-order valence-electron chi connectivity index (χ0n) is 19.1. The Bertz CT molecular complexity index is 1280. The third-order valence-corrected chi connectivity index (χ3v) is 7.28. The maximum Gasteiger partial charge on any atom is 0.261 e. The summed E-state index contributed by atoms with van der Waals surface area (Å²) in [4.78, 5) is 14.6. The van der Waals surface area contributed by atoms with Crippen molar-refractivity contribution >= 4 is 21.6 Å². The van der Waals surface area contributed by atoms with Gasteiger partial charge in [-0.25, -0.2) is 12.8 Å². The van der Waals surface area contributed by atoms with Crippen LogP contribution in [0, 0.1) is 19.7 Å². The van der Waals surface area contributed by atoms with Crippen molar-refractivity contribution in [2.45, 2.75) is 37.7 Å². The minimum atomic E-state index is -3.98. The molecule has 6 nitrogen and oxygen atoms in total. The minimum Gasteiger partial charge on any atom is -0.490 e. The molecular formula is C26H27FN2O4S. The Labute approximate surface area is 199 Å². The third kappa shape index (κ3) is 5.39. The first-order valence-corrected chi connectivity index (χ1v) is 12.6. The molecule has 3 aromatic rings. The zero-order valence-corrected chi connectivity index (χ0v) is 19.9. The summed E-state index contributed by atoms with van der Waals surface area (Å²) in [6.45, 7) is 5.16. The Morgan fingerprint density at radius 1 is 1.00 bits per heavy atom. The van der Waals surface area contributed by atoms with Crippen LogP contribution >= 0.6 is 0 Å². The highest BCUT2D eigenvalue weighted by molar-refractivity contribution is 7.92. The van der Waals surface area contributed by atoms with Gasteiger partial charge in [0.05, 0.1) is 10.6 Å². The number of para-hydroxylation sites is 1. The van der Waals surface area contributed by atoms with Gasteiger partial charge in [-0.2, -0.15) is 0 Å². The van der Waals surface area contributed by atoms with Gasteiger partial charge < -0.3 is 9.64 Å². The van der Waals surface area contributed by atoms with Gasteiger partial charge in [-0.3, -0.25) is 9.52 Å². The van der Waals surface area contributed by atoms with Gasteiger partial charge in [0.15, 0.2) is 0 Å². The first-order chi connectivity index (χ1) is 16.2. The molecule has 178 valence electrons. The summed E-state index contributed by atoms with van der Waals surface area (Å²) in [5, 5.41) is 0. The van der Waals surface area contributed by atoms with E-state index in [1.165, 1.54) is 42.5 Å². The normalized spacial score (nSPS) is 14.6. The number of piperidine rings is 1. The summed E-state index contributed by atoms with van der Waals surface area (Å²) in [5.41, 5.74) is 2.50. The van der Waals surface area contributed by atoms with Crippen LogP contribution in [0.5, 0.6) is 5.75 Å². The third-order valence-electron chi connectivity index (χ3n) is 5.90. The molecule has 0 unspecified atom stereocenters. The number of hydrogen-bond acceptors (Lipinski definition) is 4. The number of halogens is 1. The lowest BCUT2D eigenvalue weighted by Crippen LogP contribution is -2.41. The first-order valence-electron chi connectivity index (χ1n) is 11.1. The molecule has 0 atom stereocenters. The topological polar surface area (TPSA) is 75.7 Å². The Morgan fingerprint density at radius 3 is 2.35 bits per heavy atom. The maximum atomic E-state index is 13.8. The summed E-state index contributed by atoms with van der Waals surface area (Å²) >= 11 is 0. The van der Waals surface area contributed by atoms with E-state index in [2.05, 4.69) is 10.8 Å². The van der Waals surface area contributed by atoms with Crippen LogP contribution in [0.25, 0.3) is 0 Å². The number of ether oxygens (including phenoxy) is 1. The number of carbonyl (C=O) groups is 1. The molecule has 1 fully saturated rings. The van der Waals surface area contributed by atoms with Crippen LogP contribution in [0.1, 0.15) is 34.3 Å². The number of sulfonamides is 1. The highest BCUT2D eigenvalue weighted by Crippen LogP contribution is 2.25. The lowest BCUT2D eigenvalue weighted by molar-refractivity contribution is 0.0594. The Morgan fingerprint density at radius 2 is 1.68 bits per heavy atom. The molecule has 0 aliphatic carbocycles. The van der Waals surface area contributed by atoms with E-state index >= 15 is 0 Å². The molecule has 34 heavy (non-hydrogen) atoms. The largest absolute Gasteiger partial charge is 0.490 e. The van der Waals surface area contributed by atoms with Crippen LogP contribution in [0.2, 0.25) is 0 Å². The molecule has 0 saturated carbocycles.